The number of fused-ring (bicyclic) bond motifs is 2. The Morgan fingerprint density at radius 3 is 2.42 bits per heavy atom. The number of alkyl halides is 3. The fourth-order valence-electron chi connectivity index (χ4n) is 3.62. The van der Waals surface area contributed by atoms with E-state index in [-0.39, 0.29) is 22.6 Å². The van der Waals surface area contributed by atoms with E-state index < -0.39 is 29.2 Å². The van der Waals surface area contributed by atoms with Gasteiger partial charge in [-0.25, -0.2) is 19.7 Å². The fraction of sp³-hybridized carbons (Fsp3) is 0.476. The van der Waals surface area contributed by atoms with Crippen molar-refractivity contribution in [3.63, 3.8) is 0 Å². The van der Waals surface area contributed by atoms with Crippen molar-refractivity contribution in [1.82, 2.24) is 9.97 Å². The molecule has 2 aromatic rings. The molecular formula is C21H22BrF3N4O4. The van der Waals surface area contributed by atoms with Crippen LogP contribution >= 0.6 is 15.9 Å². The number of amides is 1. The van der Waals surface area contributed by atoms with Crippen molar-refractivity contribution in [2.45, 2.75) is 39.2 Å². The normalized spacial score (nSPS) is 16.5. The molecular weight excluding hydrogens is 509 g/mol. The van der Waals surface area contributed by atoms with Crippen LogP contribution in [0.1, 0.15) is 31.9 Å². The number of hydrogen-bond donors (Lipinski definition) is 0. The van der Waals surface area contributed by atoms with Crippen LogP contribution in [0.3, 0.4) is 0 Å². The lowest BCUT2D eigenvalue weighted by molar-refractivity contribution is -0.139. The molecule has 0 atom stereocenters. The molecule has 2 aliphatic rings. The van der Waals surface area contributed by atoms with Gasteiger partial charge in [0, 0.05) is 17.6 Å². The summed E-state index contributed by atoms with van der Waals surface area (Å²) in [5, 5.41) is 0. The standard InChI is InChI=1S/C21H22BrF3N4O4/c1-20(2,3)33-19(30)29-15-9-12(22)8-14(21(23,24)25)16(15)32-10-13-17(26-11-27-18(13)29)28-4-6-31-7-5-28/h8-9,11H,4-7,10H2,1-3H3. The molecule has 0 aliphatic carbocycles. The first kappa shape index (κ1) is 23.6. The number of anilines is 3. The third-order valence-corrected chi connectivity index (χ3v) is 5.40. The van der Waals surface area contributed by atoms with Crippen molar-refractivity contribution in [2.75, 3.05) is 36.1 Å². The van der Waals surface area contributed by atoms with E-state index in [2.05, 4.69) is 25.9 Å². The van der Waals surface area contributed by atoms with E-state index in [1.807, 2.05) is 4.90 Å². The number of nitrogens with zero attached hydrogens (tertiary/aromatic N) is 4. The van der Waals surface area contributed by atoms with Crippen LogP contribution in [0.2, 0.25) is 0 Å². The second-order valence-electron chi connectivity index (χ2n) is 8.50. The highest BCUT2D eigenvalue weighted by atomic mass is 79.9. The maximum absolute atomic E-state index is 13.9. The predicted molar refractivity (Wildman–Crippen MR) is 117 cm³/mol. The fourth-order valence-corrected chi connectivity index (χ4v) is 4.07. The maximum Gasteiger partial charge on any atom is 0.420 e. The number of halogens is 4. The van der Waals surface area contributed by atoms with Gasteiger partial charge >= 0.3 is 12.3 Å². The zero-order valence-electron chi connectivity index (χ0n) is 18.2. The van der Waals surface area contributed by atoms with Crippen LogP contribution in [0.15, 0.2) is 22.9 Å². The van der Waals surface area contributed by atoms with Crippen LogP contribution in [0, 0.1) is 0 Å². The SMILES string of the molecule is CC(C)(C)OC(=O)N1c2cc(Br)cc(C(F)(F)F)c2OCc2c(N3CCOCC3)ncnc21. The van der Waals surface area contributed by atoms with E-state index in [1.54, 1.807) is 20.8 Å². The van der Waals surface area contributed by atoms with Gasteiger partial charge < -0.3 is 19.1 Å². The van der Waals surface area contributed by atoms with Crippen molar-refractivity contribution in [3.8, 4) is 5.75 Å². The molecule has 0 radical (unpaired) electrons. The van der Waals surface area contributed by atoms with E-state index in [9.17, 15) is 18.0 Å². The highest BCUT2D eigenvalue weighted by molar-refractivity contribution is 9.10. The number of morpholine rings is 1. The highest BCUT2D eigenvalue weighted by Gasteiger charge is 2.41. The van der Waals surface area contributed by atoms with E-state index in [0.29, 0.717) is 37.7 Å². The van der Waals surface area contributed by atoms with E-state index >= 15 is 0 Å². The summed E-state index contributed by atoms with van der Waals surface area (Å²) < 4.78 is 58.5. The Balaban J connectivity index is 1.93. The second-order valence-corrected chi connectivity index (χ2v) is 9.42. The molecule has 1 fully saturated rings. The smallest absolute Gasteiger partial charge is 0.420 e. The number of carbonyl (C=O) groups is 1. The molecule has 0 saturated carbocycles. The number of rotatable bonds is 1. The van der Waals surface area contributed by atoms with Crippen molar-refractivity contribution >= 4 is 39.3 Å². The largest absolute Gasteiger partial charge is 0.486 e. The summed E-state index contributed by atoms with van der Waals surface area (Å²) >= 11 is 3.13. The lowest BCUT2D eigenvalue weighted by Crippen LogP contribution is -2.38. The lowest BCUT2D eigenvalue weighted by atomic mass is 10.1. The number of carbonyl (C=O) groups excluding carboxylic acids is 1. The van der Waals surface area contributed by atoms with Crippen LogP contribution in [0.5, 0.6) is 5.75 Å². The number of benzene rings is 1. The van der Waals surface area contributed by atoms with Gasteiger partial charge in [0.05, 0.1) is 24.5 Å². The Bertz CT molecular complexity index is 1070. The summed E-state index contributed by atoms with van der Waals surface area (Å²) in [6.07, 6.45) is -4.33. The van der Waals surface area contributed by atoms with Crippen molar-refractivity contribution in [2.24, 2.45) is 0 Å². The first-order chi connectivity index (χ1) is 15.5. The molecule has 1 saturated heterocycles. The first-order valence-electron chi connectivity index (χ1n) is 10.2. The summed E-state index contributed by atoms with van der Waals surface area (Å²) in [5.74, 6) is 0.0884. The zero-order valence-corrected chi connectivity index (χ0v) is 19.8. The minimum absolute atomic E-state index is 0.103. The molecule has 4 rings (SSSR count). The molecule has 0 unspecified atom stereocenters. The topological polar surface area (TPSA) is 77.0 Å². The van der Waals surface area contributed by atoms with E-state index in [4.69, 9.17) is 14.2 Å². The number of aromatic nitrogens is 2. The molecule has 12 heteroatoms. The van der Waals surface area contributed by atoms with Gasteiger partial charge in [-0.3, -0.25) is 0 Å². The van der Waals surface area contributed by atoms with Gasteiger partial charge in [-0.05, 0) is 32.9 Å². The summed E-state index contributed by atoms with van der Waals surface area (Å²) in [6, 6.07) is 2.29. The molecule has 0 spiro atoms. The number of ether oxygens (including phenoxy) is 3. The number of hydrogen-bond acceptors (Lipinski definition) is 7. The van der Waals surface area contributed by atoms with Crippen molar-refractivity contribution in [3.05, 3.63) is 34.1 Å². The lowest BCUT2D eigenvalue weighted by Gasteiger charge is -2.31. The summed E-state index contributed by atoms with van der Waals surface area (Å²) in [5.41, 5.74) is -1.67. The van der Waals surface area contributed by atoms with Crippen molar-refractivity contribution < 1.29 is 32.2 Å². The van der Waals surface area contributed by atoms with E-state index in [0.717, 1.165) is 11.0 Å². The average molecular weight is 531 g/mol. The summed E-state index contributed by atoms with van der Waals surface area (Å²) in [6.45, 7) is 6.75. The molecule has 8 nitrogen and oxygen atoms in total. The minimum Gasteiger partial charge on any atom is -0.486 e. The van der Waals surface area contributed by atoms with Crippen LogP contribution < -0.4 is 14.5 Å². The predicted octanol–water partition coefficient (Wildman–Crippen LogP) is 5.06. The third kappa shape index (κ3) is 4.86. The third-order valence-electron chi connectivity index (χ3n) is 4.94. The molecule has 0 bridgehead atoms. The minimum atomic E-state index is -4.72. The summed E-state index contributed by atoms with van der Waals surface area (Å²) in [4.78, 5) is 24.9. The van der Waals surface area contributed by atoms with Crippen molar-refractivity contribution in [1.29, 1.82) is 0 Å². The molecule has 1 amide bonds. The van der Waals surface area contributed by atoms with Crippen LogP contribution in [-0.2, 0) is 22.3 Å². The highest BCUT2D eigenvalue weighted by Crippen LogP contribution is 2.49. The van der Waals surface area contributed by atoms with Gasteiger partial charge in [0.15, 0.2) is 11.6 Å². The molecule has 1 aromatic carbocycles. The van der Waals surface area contributed by atoms with Gasteiger partial charge in [0.25, 0.3) is 0 Å². The van der Waals surface area contributed by atoms with Crippen LogP contribution in [0.4, 0.5) is 35.3 Å². The maximum atomic E-state index is 13.9. The molecule has 33 heavy (non-hydrogen) atoms. The van der Waals surface area contributed by atoms with Gasteiger partial charge in [0.1, 0.15) is 29.9 Å². The Kier molecular flexibility index (Phi) is 6.16. The van der Waals surface area contributed by atoms with Gasteiger partial charge in [-0.15, -0.1) is 0 Å². The van der Waals surface area contributed by atoms with Crippen LogP contribution in [0.25, 0.3) is 0 Å². The van der Waals surface area contributed by atoms with E-state index in [1.165, 1.54) is 12.4 Å². The molecule has 3 heterocycles. The average Bonchev–Trinajstić information content (AvgIpc) is 2.88. The van der Waals surface area contributed by atoms with Crippen LogP contribution in [-0.4, -0.2) is 48.0 Å². The van der Waals surface area contributed by atoms with Gasteiger partial charge in [-0.2, -0.15) is 13.2 Å². The Morgan fingerprint density at radius 2 is 1.79 bits per heavy atom. The molecule has 1 aromatic heterocycles. The first-order valence-corrected chi connectivity index (χ1v) is 11.0. The Morgan fingerprint density at radius 1 is 1.12 bits per heavy atom. The molecule has 178 valence electrons. The van der Waals surface area contributed by atoms with Gasteiger partial charge in [-0.1, -0.05) is 15.9 Å². The second kappa shape index (κ2) is 8.64. The summed E-state index contributed by atoms with van der Waals surface area (Å²) in [7, 11) is 0. The monoisotopic (exact) mass is 530 g/mol. The molecule has 0 N–H and O–H groups in total. The Labute approximate surface area is 196 Å². The molecule has 2 aliphatic heterocycles. The zero-order chi connectivity index (χ0) is 24.0. The quantitative estimate of drug-likeness (QED) is 0.509. The Hall–Kier alpha value is -2.60. The van der Waals surface area contributed by atoms with Gasteiger partial charge in [0.2, 0.25) is 0 Å².